The Morgan fingerprint density at radius 2 is 2.11 bits per heavy atom. The van der Waals surface area contributed by atoms with Crippen LogP contribution >= 0.6 is 0 Å². The van der Waals surface area contributed by atoms with Crippen LogP contribution in [0.1, 0.15) is 43.0 Å². The molecule has 0 radical (unpaired) electrons. The summed E-state index contributed by atoms with van der Waals surface area (Å²) >= 11 is 0. The SMILES string of the molecule is Cc1cc(C(O)CC2CCC2)nc2ccccc12. The molecule has 18 heavy (non-hydrogen) atoms. The van der Waals surface area contributed by atoms with Gasteiger partial charge in [-0.05, 0) is 37.0 Å². The highest BCUT2D eigenvalue weighted by molar-refractivity contribution is 5.82. The number of rotatable bonds is 3. The number of aromatic nitrogens is 1. The Morgan fingerprint density at radius 1 is 1.33 bits per heavy atom. The largest absolute Gasteiger partial charge is 0.387 e. The minimum Gasteiger partial charge on any atom is -0.387 e. The molecule has 1 fully saturated rings. The van der Waals surface area contributed by atoms with Crippen molar-refractivity contribution in [3.63, 3.8) is 0 Å². The van der Waals surface area contributed by atoms with Crippen LogP contribution in [0.3, 0.4) is 0 Å². The van der Waals surface area contributed by atoms with Crippen molar-refractivity contribution in [3.05, 3.63) is 41.6 Å². The van der Waals surface area contributed by atoms with E-state index in [1.54, 1.807) is 0 Å². The number of pyridine rings is 1. The van der Waals surface area contributed by atoms with E-state index in [9.17, 15) is 5.11 Å². The fraction of sp³-hybridized carbons (Fsp3) is 0.438. The van der Waals surface area contributed by atoms with Crippen molar-refractivity contribution in [3.8, 4) is 0 Å². The maximum atomic E-state index is 10.3. The molecular weight excluding hydrogens is 222 g/mol. The molecule has 2 aromatic rings. The van der Waals surface area contributed by atoms with Gasteiger partial charge < -0.3 is 5.11 Å². The molecule has 1 atom stereocenters. The zero-order valence-corrected chi connectivity index (χ0v) is 10.8. The summed E-state index contributed by atoms with van der Waals surface area (Å²) in [5, 5.41) is 11.5. The fourth-order valence-corrected chi connectivity index (χ4v) is 2.71. The molecule has 0 spiro atoms. The van der Waals surface area contributed by atoms with Crippen LogP contribution in [0, 0.1) is 12.8 Å². The van der Waals surface area contributed by atoms with Gasteiger partial charge in [-0.1, -0.05) is 37.5 Å². The standard InChI is InChI=1S/C16H19NO/c1-11-9-15(16(18)10-12-5-4-6-12)17-14-8-3-2-7-13(11)14/h2-3,7-9,12,16,18H,4-6,10H2,1H3. The van der Waals surface area contributed by atoms with Gasteiger partial charge in [0.25, 0.3) is 0 Å². The normalized spacial score (nSPS) is 17.7. The van der Waals surface area contributed by atoms with Gasteiger partial charge in [0, 0.05) is 5.39 Å². The third-order valence-electron chi connectivity index (χ3n) is 4.07. The third kappa shape index (κ3) is 2.13. The minimum atomic E-state index is -0.404. The van der Waals surface area contributed by atoms with Crippen LogP contribution in [-0.2, 0) is 0 Å². The molecule has 3 rings (SSSR count). The van der Waals surface area contributed by atoms with Gasteiger partial charge in [0.05, 0.1) is 17.3 Å². The molecule has 1 aromatic heterocycles. The molecule has 0 saturated heterocycles. The van der Waals surface area contributed by atoms with Gasteiger partial charge in [0.1, 0.15) is 0 Å². The Hall–Kier alpha value is -1.41. The molecule has 0 aliphatic heterocycles. The average molecular weight is 241 g/mol. The van der Waals surface area contributed by atoms with Gasteiger partial charge in [-0.25, -0.2) is 0 Å². The lowest BCUT2D eigenvalue weighted by Gasteiger charge is -2.27. The van der Waals surface area contributed by atoms with Crippen LogP contribution in [0.2, 0.25) is 0 Å². The molecule has 1 aromatic carbocycles. The number of hydrogen-bond acceptors (Lipinski definition) is 2. The molecule has 0 amide bonds. The summed E-state index contributed by atoms with van der Waals surface area (Å²) in [7, 11) is 0. The van der Waals surface area contributed by atoms with Gasteiger partial charge >= 0.3 is 0 Å². The molecule has 1 unspecified atom stereocenters. The number of hydrogen-bond donors (Lipinski definition) is 1. The lowest BCUT2D eigenvalue weighted by molar-refractivity contribution is 0.115. The minimum absolute atomic E-state index is 0.404. The van der Waals surface area contributed by atoms with E-state index in [-0.39, 0.29) is 0 Å². The average Bonchev–Trinajstić information content (AvgIpc) is 2.33. The maximum Gasteiger partial charge on any atom is 0.0962 e. The molecule has 1 heterocycles. The van der Waals surface area contributed by atoms with Crippen LogP contribution < -0.4 is 0 Å². The van der Waals surface area contributed by atoms with Crippen molar-refractivity contribution in [1.29, 1.82) is 0 Å². The van der Waals surface area contributed by atoms with E-state index in [0.29, 0.717) is 5.92 Å². The Bertz CT molecular complexity index is 560. The molecule has 94 valence electrons. The van der Waals surface area contributed by atoms with Crippen molar-refractivity contribution in [1.82, 2.24) is 4.98 Å². The van der Waals surface area contributed by atoms with Crippen molar-refractivity contribution in [2.24, 2.45) is 5.92 Å². The van der Waals surface area contributed by atoms with Gasteiger partial charge in [-0.15, -0.1) is 0 Å². The first-order valence-corrected chi connectivity index (χ1v) is 6.78. The van der Waals surface area contributed by atoms with Crippen LogP contribution in [0.5, 0.6) is 0 Å². The van der Waals surface area contributed by atoms with Gasteiger partial charge in [-0.2, -0.15) is 0 Å². The Labute approximate surface area is 108 Å². The van der Waals surface area contributed by atoms with Crippen LogP contribution in [0.25, 0.3) is 10.9 Å². The van der Waals surface area contributed by atoms with E-state index in [0.717, 1.165) is 17.6 Å². The number of aryl methyl sites for hydroxylation is 1. The maximum absolute atomic E-state index is 10.3. The number of fused-ring (bicyclic) bond motifs is 1. The number of nitrogens with zero attached hydrogens (tertiary/aromatic N) is 1. The van der Waals surface area contributed by atoms with E-state index < -0.39 is 6.10 Å². The molecule has 2 heteroatoms. The molecule has 0 bridgehead atoms. The van der Waals surface area contributed by atoms with E-state index >= 15 is 0 Å². The fourth-order valence-electron chi connectivity index (χ4n) is 2.71. The highest BCUT2D eigenvalue weighted by Gasteiger charge is 2.22. The predicted molar refractivity (Wildman–Crippen MR) is 73.4 cm³/mol. The lowest BCUT2D eigenvalue weighted by atomic mass is 9.81. The van der Waals surface area contributed by atoms with Crippen molar-refractivity contribution < 1.29 is 5.11 Å². The lowest BCUT2D eigenvalue weighted by Crippen LogP contribution is -2.15. The van der Waals surface area contributed by atoms with E-state index in [4.69, 9.17) is 0 Å². The van der Waals surface area contributed by atoms with Crippen LogP contribution in [0.15, 0.2) is 30.3 Å². The summed E-state index contributed by atoms with van der Waals surface area (Å²) in [5.41, 5.74) is 3.02. The zero-order valence-electron chi connectivity index (χ0n) is 10.8. The second-order valence-electron chi connectivity index (χ2n) is 5.43. The number of aliphatic hydroxyl groups is 1. The van der Waals surface area contributed by atoms with Gasteiger partial charge in [-0.3, -0.25) is 4.98 Å². The Kier molecular flexibility index (Phi) is 3.04. The quantitative estimate of drug-likeness (QED) is 0.887. The predicted octanol–water partition coefficient (Wildman–Crippen LogP) is 3.77. The first kappa shape index (κ1) is 11.7. The molecular formula is C16H19NO. The highest BCUT2D eigenvalue weighted by Crippen LogP contribution is 2.34. The second kappa shape index (κ2) is 4.69. The number of para-hydroxylation sites is 1. The smallest absolute Gasteiger partial charge is 0.0962 e. The first-order chi connectivity index (χ1) is 8.74. The highest BCUT2D eigenvalue weighted by atomic mass is 16.3. The van der Waals surface area contributed by atoms with E-state index in [1.165, 1.54) is 30.2 Å². The molecule has 1 aliphatic carbocycles. The number of benzene rings is 1. The summed E-state index contributed by atoms with van der Waals surface area (Å²) in [4.78, 5) is 4.60. The Balaban J connectivity index is 1.91. The summed E-state index contributed by atoms with van der Waals surface area (Å²) in [5.74, 6) is 0.702. The molecule has 1 N–H and O–H groups in total. The summed E-state index contributed by atoms with van der Waals surface area (Å²) in [6, 6.07) is 10.2. The van der Waals surface area contributed by atoms with Crippen molar-refractivity contribution in [2.45, 2.75) is 38.7 Å². The van der Waals surface area contributed by atoms with E-state index in [2.05, 4.69) is 18.0 Å². The van der Waals surface area contributed by atoms with Crippen LogP contribution in [-0.4, -0.2) is 10.1 Å². The molecule has 1 saturated carbocycles. The Morgan fingerprint density at radius 3 is 2.83 bits per heavy atom. The summed E-state index contributed by atoms with van der Waals surface area (Å²) in [6.07, 6.45) is 4.32. The summed E-state index contributed by atoms with van der Waals surface area (Å²) in [6.45, 7) is 2.09. The van der Waals surface area contributed by atoms with Gasteiger partial charge in [0.15, 0.2) is 0 Å². The van der Waals surface area contributed by atoms with E-state index in [1.807, 2.05) is 24.3 Å². The molecule has 1 aliphatic rings. The van der Waals surface area contributed by atoms with Crippen molar-refractivity contribution >= 4 is 10.9 Å². The van der Waals surface area contributed by atoms with Gasteiger partial charge in [0.2, 0.25) is 0 Å². The number of aliphatic hydroxyl groups excluding tert-OH is 1. The van der Waals surface area contributed by atoms with Crippen molar-refractivity contribution in [2.75, 3.05) is 0 Å². The summed E-state index contributed by atoms with van der Waals surface area (Å²) < 4.78 is 0. The molecule has 2 nitrogen and oxygen atoms in total. The van der Waals surface area contributed by atoms with Crippen LogP contribution in [0.4, 0.5) is 0 Å². The topological polar surface area (TPSA) is 33.1 Å². The first-order valence-electron chi connectivity index (χ1n) is 6.78. The zero-order chi connectivity index (χ0) is 12.5. The monoisotopic (exact) mass is 241 g/mol. The third-order valence-corrected chi connectivity index (χ3v) is 4.07. The second-order valence-corrected chi connectivity index (χ2v) is 5.43.